The summed E-state index contributed by atoms with van der Waals surface area (Å²) in [7, 11) is 0. The minimum Gasteiger partial charge on any atom is -0.392 e. The van der Waals surface area contributed by atoms with Gasteiger partial charge in [-0.3, -0.25) is 4.98 Å². The van der Waals surface area contributed by atoms with Crippen molar-refractivity contribution in [2.24, 2.45) is 0 Å². The Morgan fingerprint density at radius 3 is 3.00 bits per heavy atom. The SMILES string of the molecule is OCc1cnc2c(c1)CCCC2. The Balaban J connectivity index is 2.36. The van der Waals surface area contributed by atoms with Gasteiger partial charge in [-0.05, 0) is 36.8 Å². The summed E-state index contributed by atoms with van der Waals surface area (Å²) < 4.78 is 0. The zero-order chi connectivity index (χ0) is 8.39. The van der Waals surface area contributed by atoms with E-state index >= 15 is 0 Å². The smallest absolute Gasteiger partial charge is 0.0696 e. The van der Waals surface area contributed by atoms with E-state index in [1.807, 2.05) is 0 Å². The first-order valence-corrected chi connectivity index (χ1v) is 4.47. The van der Waals surface area contributed by atoms with E-state index in [1.165, 1.54) is 24.1 Å². The summed E-state index contributed by atoms with van der Waals surface area (Å²) in [6.07, 6.45) is 6.56. The molecule has 12 heavy (non-hydrogen) atoms. The lowest BCUT2D eigenvalue weighted by molar-refractivity contribution is 0.281. The first kappa shape index (κ1) is 7.74. The average Bonchev–Trinajstić information content (AvgIpc) is 2.17. The highest BCUT2D eigenvalue weighted by Crippen LogP contribution is 2.19. The predicted molar refractivity (Wildman–Crippen MR) is 46.8 cm³/mol. The van der Waals surface area contributed by atoms with Gasteiger partial charge in [0.1, 0.15) is 0 Å². The molecule has 1 aliphatic rings. The second-order valence-electron chi connectivity index (χ2n) is 3.31. The normalized spacial score (nSPS) is 15.8. The molecule has 1 aliphatic carbocycles. The maximum Gasteiger partial charge on any atom is 0.0696 e. The molecule has 1 aromatic heterocycles. The molecule has 0 spiro atoms. The van der Waals surface area contributed by atoms with E-state index in [2.05, 4.69) is 11.1 Å². The summed E-state index contributed by atoms with van der Waals surface area (Å²) in [5, 5.41) is 8.90. The number of aromatic nitrogens is 1. The third kappa shape index (κ3) is 1.34. The molecule has 0 saturated carbocycles. The maximum absolute atomic E-state index is 8.90. The van der Waals surface area contributed by atoms with Crippen molar-refractivity contribution in [2.75, 3.05) is 0 Å². The largest absolute Gasteiger partial charge is 0.392 e. The molecule has 64 valence electrons. The van der Waals surface area contributed by atoms with E-state index in [-0.39, 0.29) is 6.61 Å². The molecule has 1 aromatic rings. The molecule has 0 bridgehead atoms. The number of rotatable bonds is 1. The number of fused-ring (bicyclic) bond motifs is 1. The van der Waals surface area contributed by atoms with E-state index in [0.717, 1.165) is 18.4 Å². The molecule has 2 rings (SSSR count). The summed E-state index contributed by atoms with van der Waals surface area (Å²) in [5.74, 6) is 0. The Bertz CT molecular complexity index is 283. The van der Waals surface area contributed by atoms with Crippen molar-refractivity contribution in [1.29, 1.82) is 0 Å². The molecule has 2 nitrogen and oxygen atoms in total. The molecule has 0 aliphatic heterocycles. The second kappa shape index (κ2) is 3.23. The van der Waals surface area contributed by atoms with Crippen LogP contribution in [-0.2, 0) is 19.4 Å². The highest BCUT2D eigenvalue weighted by atomic mass is 16.3. The Labute approximate surface area is 72.3 Å². The molecule has 0 aromatic carbocycles. The fourth-order valence-electron chi connectivity index (χ4n) is 1.72. The molecule has 1 heterocycles. The number of aryl methyl sites for hydroxylation is 2. The van der Waals surface area contributed by atoms with E-state index < -0.39 is 0 Å². The molecule has 0 unspecified atom stereocenters. The van der Waals surface area contributed by atoms with Crippen LogP contribution in [0.2, 0.25) is 0 Å². The van der Waals surface area contributed by atoms with Crippen molar-refractivity contribution in [1.82, 2.24) is 4.98 Å². The van der Waals surface area contributed by atoms with Crippen LogP contribution < -0.4 is 0 Å². The van der Waals surface area contributed by atoms with E-state index in [4.69, 9.17) is 5.11 Å². The van der Waals surface area contributed by atoms with Crippen LogP contribution in [0.3, 0.4) is 0 Å². The van der Waals surface area contributed by atoms with Crippen molar-refractivity contribution in [3.63, 3.8) is 0 Å². The molecule has 1 N–H and O–H groups in total. The van der Waals surface area contributed by atoms with Crippen molar-refractivity contribution in [2.45, 2.75) is 32.3 Å². The minimum absolute atomic E-state index is 0.111. The van der Waals surface area contributed by atoms with Crippen molar-refractivity contribution in [3.8, 4) is 0 Å². The van der Waals surface area contributed by atoms with Gasteiger partial charge in [0.05, 0.1) is 6.61 Å². The highest BCUT2D eigenvalue weighted by Gasteiger charge is 2.09. The van der Waals surface area contributed by atoms with Crippen LogP contribution >= 0.6 is 0 Å². The van der Waals surface area contributed by atoms with Crippen LogP contribution in [0, 0.1) is 0 Å². The van der Waals surface area contributed by atoms with Gasteiger partial charge < -0.3 is 5.11 Å². The van der Waals surface area contributed by atoms with Crippen LogP contribution in [0.5, 0.6) is 0 Å². The highest BCUT2D eigenvalue weighted by molar-refractivity contribution is 5.26. The standard InChI is InChI=1S/C10H13NO/c12-7-8-5-9-3-1-2-4-10(9)11-6-8/h5-6,12H,1-4,7H2. The van der Waals surface area contributed by atoms with Gasteiger partial charge >= 0.3 is 0 Å². The number of hydrogen-bond donors (Lipinski definition) is 1. The fraction of sp³-hybridized carbons (Fsp3) is 0.500. The van der Waals surface area contributed by atoms with Crippen LogP contribution in [0.25, 0.3) is 0 Å². The third-order valence-electron chi connectivity index (χ3n) is 2.41. The van der Waals surface area contributed by atoms with Gasteiger partial charge in [-0.15, -0.1) is 0 Å². The number of aliphatic hydroxyl groups excluding tert-OH is 1. The zero-order valence-corrected chi connectivity index (χ0v) is 7.08. The van der Waals surface area contributed by atoms with Crippen LogP contribution in [0.15, 0.2) is 12.3 Å². The summed E-state index contributed by atoms with van der Waals surface area (Å²) in [6, 6.07) is 2.08. The molecule has 2 heteroatoms. The van der Waals surface area contributed by atoms with Gasteiger partial charge in [0.25, 0.3) is 0 Å². The Morgan fingerprint density at radius 2 is 2.17 bits per heavy atom. The Hall–Kier alpha value is -0.890. The lowest BCUT2D eigenvalue weighted by Crippen LogP contribution is -2.05. The van der Waals surface area contributed by atoms with Crippen LogP contribution in [-0.4, -0.2) is 10.1 Å². The van der Waals surface area contributed by atoms with Gasteiger partial charge in [0.2, 0.25) is 0 Å². The van der Waals surface area contributed by atoms with Gasteiger partial charge in [-0.2, -0.15) is 0 Å². The lowest BCUT2D eigenvalue weighted by Gasteiger charge is -2.14. The van der Waals surface area contributed by atoms with Crippen molar-refractivity contribution >= 4 is 0 Å². The van der Waals surface area contributed by atoms with E-state index in [0.29, 0.717) is 0 Å². The number of nitrogens with zero attached hydrogens (tertiary/aromatic N) is 1. The van der Waals surface area contributed by atoms with Gasteiger partial charge in [0.15, 0.2) is 0 Å². The Kier molecular flexibility index (Phi) is 2.09. The van der Waals surface area contributed by atoms with Crippen molar-refractivity contribution in [3.05, 3.63) is 29.1 Å². The molecule has 0 fully saturated rings. The minimum atomic E-state index is 0.111. The predicted octanol–water partition coefficient (Wildman–Crippen LogP) is 1.45. The van der Waals surface area contributed by atoms with E-state index in [1.54, 1.807) is 6.20 Å². The van der Waals surface area contributed by atoms with E-state index in [9.17, 15) is 0 Å². The average molecular weight is 163 g/mol. The van der Waals surface area contributed by atoms with Crippen molar-refractivity contribution < 1.29 is 5.11 Å². The van der Waals surface area contributed by atoms with Crippen LogP contribution in [0.1, 0.15) is 29.7 Å². The lowest BCUT2D eigenvalue weighted by atomic mass is 9.95. The third-order valence-corrected chi connectivity index (χ3v) is 2.41. The Morgan fingerprint density at radius 1 is 1.33 bits per heavy atom. The van der Waals surface area contributed by atoms with Gasteiger partial charge in [-0.25, -0.2) is 0 Å². The number of aliphatic hydroxyl groups is 1. The monoisotopic (exact) mass is 163 g/mol. The van der Waals surface area contributed by atoms with Crippen LogP contribution in [0.4, 0.5) is 0 Å². The molecule has 0 amide bonds. The summed E-state index contributed by atoms with van der Waals surface area (Å²) >= 11 is 0. The maximum atomic E-state index is 8.90. The topological polar surface area (TPSA) is 33.1 Å². The molecular formula is C10H13NO. The number of hydrogen-bond acceptors (Lipinski definition) is 2. The molecule has 0 radical (unpaired) electrons. The summed E-state index contributed by atoms with van der Waals surface area (Å²) in [4.78, 5) is 4.33. The number of pyridine rings is 1. The fourth-order valence-corrected chi connectivity index (χ4v) is 1.72. The zero-order valence-electron chi connectivity index (χ0n) is 7.08. The molecule has 0 atom stereocenters. The molecule has 0 saturated heterocycles. The van der Waals surface area contributed by atoms with Gasteiger partial charge in [0, 0.05) is 11.9 Å². The van der Waals surface area contributed by atoms with Gasteiger partial charge in [-0.1, -0.05) is 6.07 Å². The molecular weight excluding hydrogens is 150 g/mol. The second-order valence-corrected chi connectivity index (χ2v) is 3.31. The quantitative estimate of drug-likeness (QED) is 0.679. The summed E-state index contributed by atoms with van der Waals surface area (Å²) in [5.41, 5.74) is 3.52. The first-order valence-electron chi connectivity index (χ1n) is 4.47. The first-order chi connectivity index (χ1) is 5.90. The summed E-state index contributed by atoms with van der Waals surface area (Å²) in [6.45, 7) is 0.111.